The molecule has 1 aliphatic rings. The molecule has 3 nitrogen and oxygen atoms in total. The lowest BCUT2D eigenvalue weighted by Crippen LogP contribution is -2.13. The Morgan fingerprint density at radius 2 is 1.36 bits per heavy atom. The van der Waals surface area contributed by atoms with Crippen molar-refractivity contribution in [2.45, 2.75) is 123 Å². The summed E-state index contributed by atoms with van der Waals surface area (Å²) in [6.07, 6.45) is 16.5. The highest BCUT2D eigenvalue weighted by Gasteiger charge is 2.01. The molecule has 0 spiro atoms. The Balaban J connectivity index is -0.000000156. The molecule has 1 heterocycles. The molecular weight excluding hydrogens is 440 g/mol. The van der Waals surface area contributed by atoms with Crippen LogP contribution in [-0.4, -0.2) is 25.6 Å². The Bertz CT molecular complexity index is 564. The van der Waals surface area contributed by atoms with Crippen molar-refractivity contribution >= 4 is 5.90 Å². The van der Waals surface area contributed by atoms with Crippen molar-refractivity contribution in [1.29, 1.82) is 0 Å². The summed E-state index contributed by atoms with van der Waals surface area (Å²) in [7, 11) is 0. The first-order chi connectivity index (χ1) is 17.4. The Morgan fingerprint density at radius 3 is 1.81 bits per heavy atom. The van der Waals surface area contributed by atoms with Gasteiger partial charge in [-0.15, -0.1) is 0 Å². The molecule has 0 saturated carbocycles. The molecule has 0 unspecified atom stereocenters. The third-order valence-corrected chi connectivity index (χ3v) is 4.28. The van der Waals surface area contributed by atoms with Crippen LogP contribution >= 0.6 is 0 Å². The van der Waals surface area contributed by atoms with Crippen molar-refractivity contribution in [3.8, 4) is 0 Å². The number of ether oxygens (including phenoxy) is 1. The molecule has 0 amide bonds. The van der Waals surface area contributed by atoms with E-state index in [0.29, 0.717) is 18.4 Å². The van der Waals surface area contributed by atoms with E-state index in [1.54, 1.807) is 11.1 Å². The van der Waals surface area contributed by atoms with Crippen LogP contribution in [0.15, 0.2) is 64.9 Å². The molecule has 3 heteroatoms. The van der Waals surface area contributed by atoms with Gasteiger partial charge in [-0.05, 0) is 65.5 Å². The molecule has 214 valence electrons. The van der Waals surface area contributed by atoms with E-state index in [9.17, 15) is 0 Å². The second-order valence-corrected chi connectivity index (χ2v) is 7.59. The highest BCUT2D eigenvalue weighted by molar-refractivity contribution is 5.74. The minimum Gasteiger partial charge on any atom is -0.481 e. The van der Waals surface area contributed by atoms with E-state index in [1.165, 1.54) is 25.9 Å². The molecule has 0 radical (unpaired) electrons. The lowest BCUT2D eigenvalue weighted by Gasteiger charge is -2.08. The van der Waals surface area contributed by atoms with E-state index in [-0.39, 0.29) is 0 Å². The molecule has 0 fully saturated rings. The van der Waals surface area contributed by atoms with Gasteiger partial charge in [0.05, 0.1) is 6.61 Å². The van der Waals surface area contributed by atoms with Gasteiger partial charge in [0, 0.05) is 12.6 Å². The maximum atomic E-state index is 5.50. The number of hydrogen-bond donors (Lipinski definition) is 1. The molecule has 1 aliphatic heterocycles. The molecule has 0 aliphatic carbocycles. The van der Waals surface area contributed by atoms with Gasteiger partial charge in [-0.25, -0.2) is 4.99 Å². The van der Waals surface area contributed by atoms with Gasteiger partial charge in [-0.3, -0.25) is 0 Å². The van der Waals surface area contributed by atoms with Crippen LogP contribution in [0.3, 0.4) is 0 Å². The van der Waals surface area contributed by atoms with Gasteiger partial charge in [0.25, 0.3) is 0 Å². The number of allylic oxidation sites excluding steroid dienone is 7. The zero-order valence-corrected chi connectivity index (χ0v) is 27.1. The van der Waals surface area contributed by atoms with Gasteiger partial charge < -0.3 is 10.1 Å². The van der Waals surface area contributed by atoms with E-state index in [2.05, 4.69) is 50.7 Å². The van der Waals surface area contributed by atoms with E-state index in [4.69, 9.17) is 4.74 Å². The molecule has 0 aromatic heterocycles. The lowest BCUT2D eigenvalue weighted by atomic mass is 10.1. The third kappa shape index (κ3) is 39.3. The molecule has 1 N–H and O–H groups in total. The van der Waals surface area contributed by atoms with Crippen LogP contribution < -0.4 is 5.32 Å². The normalized spacial score (nSPS) is 13.1. The average Bonchev–Trinajstić information content (AvgIpc) is 3.10. The number of nitrogens with zero attached hydrogens (tertiary/aromatic N) is 1. The van der Waals surface area contributed by atoms with Crippen molar-refractivity contribution in [1.82, 2.24) is 5.32 Å². The van der Waals surface area contributed by atoms with Gasteiger partial charge >= 0.3 is 0 Å². The first kappa shape index (κ1) is 44.1. The average molecular weight is 507 g/mol. The summed E-state index contributed by atoms with van der Waals surface area (Å²) in [5.74, 6) is 1.22. The minimum absolute atomic E-state index is 0.519. The fourth-order valence-corrected chi connectivity index (χ4v) is 2.37. The Labute approximate surface area is 229 Å². The molecular formula is C33H66N2O. The van der Waals surface area contributed by atoms with Gasteiger partial charge in [-0.2, -0.15) is 0 Å². The largest absolute Gasteiger partial charge is 0.481 e. The zero-order chi connectivity index (χ0) is 29.2. The SMILES string of the molecule is C=C(CCC=C/C=C\C=C/C)N=C(C)OCC(C)C.CC.CC.CC.CC.CC1=C(C)CCNCC1. The Hall–Kier alpha value is -1.87. The van der Waals surface area contributed by atoms with E-state index in [0.717, 1.165) is 18.5 Å². The van der Waals surface area contributed by atoms with Crippen LogP contribution in [0, 0.1) is 5.92 Å². The summed E-state index contributed by atoms with van der Waals surface area (Å²) in [5.41, 5.74) is 4.03. The number of nitrogens with one attached hydrogen (secondary N) is 1. The summed E-state index contributed by atoms with van der Waals surface area (Å²) in [6, 6.07) is 0. The van der Waals surface area contributed by atoms with Crippen LogP contribution in [-0.2, 0) is 4.74 Å². The van der Waals surface area contributed by atoms with Crippen molar-refractivity contribution < 1.29 is 4.74 Å². The number of rotatable bonds is 8. The quantitative estimate of drug-likeness (QED) is 0.154. The second kappa shape index (κ2) is 40.3. The fraction of sp³-hybridized carbons (Fsp3) is 0.667. The molecule has 0 bridgehead atoms. The highest BCUT2D eigenvalue weighted by atomic mass is 16.5. The predicted octanol–water partition coefficient (Wildman–Crippen LogP) is 10.9. The molecule has 0 aromatic rings. The van der Waals surface area contributed by atoms with Crippen LogP contribution in [0.5, 0.6) is 0 Å². The lowest BCUT2D eigenvalue weighted by molar-refractivity contribution is 0.256. The van der Waals surface area contributed by atoms with Crippen LogP contribution in [0.1, 0.15) is 123 Å². The van der Waals surface area contributed by atoms with E-state index < -0.39 is 0 Å². The minimum atomic E-state index is 0.519. The Kier molecular flexibility index (Phi) is 49.4. The standard InChI is InChI=1S/C17H27NO.C8H15N.4C2H6/c1-6-7-8-9-10-11-12-13-16(4)18-17(5)19-14-15(2)3;1-7-3-5-9-6-4-8(7)2;4*1-2/h6-11,15H,4,12-14H2,1-3,5H3;9H,3-6H2,1-2H3;4*1-2H3/b7-6-,9-8-,11-10?,18-17?;;;;;. The fourth-order valence-electron chi connectivity index (χ4n) is 2.37. The second-order valence-electron chi connectivity index (χ2n) is 7.59. The van der Waals surface area contributed by atoms with Crippen LogP contribution in [0.2, 0.25) is 0 Å². The first-order valence-corrected chi connectivity index (χ1v) is 14.5. The van der Waals surface area contributed by atoms with Gasteiger partial charge in [0.2, 0.25) is 0 Å². The highest BCUT2D eigenvalue weighted by Crippen LogP contribution is 2.12. The maximum absolute atomic E-state index is 5.50. The molecule has 0 saturated heterocycles. The summed E-state index contributed by atoms with van der Waals surface area (Å²) in [5, 5.41) is 3.37. The maximum Gasteiger partial charge on any atom is 0.184 e. The van der Waals surface area contributed by atoms with Gasteiger partial charge in [0.15, 0.2) is 5.90 Å². The monoisotopic (exact) mass is 507 g/mol. The smallest absolute Gasteiger partial charge is 0.184 e. The van der Waals surface area contributed by atoms with Crippen molar-refractivity contribution in [3.05, 3.63) is 59.9 Å². The molecule has 1 rings (SSSR count). The summed E-state index contributed by atoms with van der Waals surface area (Å²) in [6.45, 7) is 35.6. The summed E-state index contributed by atoms with van der Waals surface area (Å²) < 4.78 is 5.50. The van der Waals surface area contributed by atoms with Crippen LogP contribution in [0.25, 0.3) is 0 Å². The van der Waals surface area contributed by atoms with Crippen molar-refractivity contribution in [3.63, 3.8) is 0 Å². The number of hydrogen-bond acceptors (Lipinski definition) is 3. The predicted molar refractivity (Wildman–Crippen MR) is 171 cm³/mol. The van der Waals surface area contributed by atoms with E-state index in [1.807, 2.05) is 99.6 Å². The summed E-state index contributed by atoms with van der Waals surface area (Å²) >= 11 is 0. The zero-order valence-electron chi connectivity index (χ0n) is 27.1. The van der Waals surface area contributed by atoms with Crippen molar-refractivity contribution in [2.24, 2.45) is 10.9 Å². The first-order valence-electron chi connectivity index (χ1n) is 14.5. The van der Waals surface area contributed by atoms with Gasteiger partial charge in [0.1, 0.15) is 0 Å². The van der Waals surface area contributed by atoms with E-state index >= 15 is 0 Å². The van der Waals surface area contributed by atoms with Gasteiger partial charge in [-0.1, -0.05) is 123 Å². The number of aliphatic imine (C=N–C) groups is 1. The van der Waals surface area contributed by atoms with Crippen molar-refractivity contribution in [2.75, 3.05) is 19.7 Å². The van der Waals surface area contributed by atoms with Crippen LogP contribution in [0.4, 0.5) is 0 Å². The Morgan fingerprint density at radius 1 is 0.889 bits per heavy atom. The molecule has 0 atom stereocenters. The molecule has 0 aromatic carbocycles. The summed E-state index contributed by atoms with van der Waals surface area (Å²) in [4.78, 5) is 4.33. The molecule has 36 heavy (non-hydrogen) atoms. The topological polar surface area (TPSA) is 33.6 Å². The third-order valence-electron chi connectivity index (χ3n) is 4.28.